The van der Waals surface area contributed by atoms with Crippen molar-refractivity contribution < 1.29 is 9.21 Å². The number of carbonyl (C=O) groups excluding carboxylic acids is 1. The molecule has 1 aliphatic heterocycles. The van der Waals surface area contributed by atoms with Gasteiger partial charge in [-0.25, -0.2) is 4.98 Å². The smallest absolute Gasteiger partial charge is 0.227 e. The van der Waals surface area contributed by atoms with Crippen LogP contribution in [0.15, 0.2) is 53.1 Å². The van der Waals surface area contributed by atoms with Crippen LogP contribution in [0.3, 0.4) is 0 Å². The van der Waals surface area contributed by atoms with Gasteiger partial charge in [0.2, 0.25) is 5.91 Å². The molecule has 0 spiro atoms. The second kappa shape index (κ2) is 7.61. The number of para-hydroxylation sites is 1. The van der Waals surface area contributed by atoms with E-state index in [4.69, 9.17) is 9.40 Å². The normalized spacial score (nSPS) is 15.4. The van der Waals surface area contributed by atoms with Crippen molar-refractivity contribution in [3.8, 4) is 0 Å². The highest BCUT2D eigenvalue weighted by molar-refractivity contribution is 7.18. The first-order valence-electron chi connectivity index (χ1n) is 9.97. The predicted octanol–water partition coefficient (Wildman–Crippen LogP) is 4.24. The van der Waals surface area contributed by atoms with Crippen molar-refractivity contribution in [1.29, 1.82) is 0 Å². The van der Waals surface area contributed by atoms with E-state index >= 15 is 0 Å². The Balaban J connectivity index is 1.19. The molecule has 0 radical (unpaired) electrons. The molecule has 1 saturated heterocycles. The highest BCUT2D eigenvalue weighted by Gasteiger charge is 2.23. The fourth-order valence-electron chi connectivity index (χ4n) is 3.94. The van der Waals surface area contributed by atoms with E-state index in [1.807, 2.05) is 30.0 Å². The Morgan fingerprint density at radius 2 is 1.97 bits per heavy atom. The Labute approximate surface area is 173 Å². The number of aryl methyl sites for hydroxylation is 1. The summed E-state index contributed by atoms with van der Waals surface area (Å²) in [5, 5.41) is 2.18. The minimum atomic E-state index is 0.174. The van der Waals surface area contributed by atoms with Crippen LogP contribution >= 0.6 is 11.3 Å². The van der Waals surface area contributed by atoms with Gasteiger partial charge in [-0.2, -0.15) is 0 Å². The van der Waals surface area contributed by atoms with Gasteiger partial charge < -0.3 is 9.32 Å². The van der Waals surface area contributed by atoms with Crippen LogP contribution in [-0.4, -0.2) is 46.9 Å². The van der Waals surface area contributed by atoms with Crippen molar-refractivity contribution in [2.24, 2.45) is 0 Å². The number of piperazine rings is 1. The van der Waals surface area contributed by atoms with Crippen molar-refractivity contribution in [2.45, 2.75) is 19.9 Å². The number of aromatic nitrogens is 1. The molecule has 2 aromatic heterocycles. The number of fused-ring (bicyclic) bond motifs is 2. The molecular weight excluding hydrogens is 382 g/mol. The minimum absolute atomic E-state index is 0.174. The molecule has 2 aromatic carbocycles. The summed E-state index contributed by atoms with van der Waals surface area (Å²) < 4.78 is 6.88. The van der Waals surface area contributed by atoms with Crippen LogP contribution in [0.25, 0.3) is 21.2 Å². The summed E-state index contributed by atoms with van der Waals surface area (Å²) in [7, 11) is 0. The maximum Gasteiger partial charge on any atom is 0.227 e. The third-order valence-corrected chi connectivity index (χ3v) is 6.60. The second-order valence-corrected chi connectivity index (χ2v) is 8.78. The van der Waals surface area contributed by atoms with E-state index in [-0.39, 0.29) is 5.91 Å². The monoisotopic (exact) mass is 405 g/mol. The van der Waals surface area contributed by atoms with Gasteiger partial charge in [-0.3, -0.25) is 9.69 Å². The Morgan fingerprint density at radius 1 is 1.14 bits per heavy atom. The summed E-state index contributed by atoms with van der Waals surface area (Å²) in [6.45, 7) is 6.19. The standard InChI is InChI=1S/C23H23N3O2S/c1-16-6-7-18-17(15-28-20(18)12-16)13-23(27)26-10-8-25(9-11-26)14-22-24-19-4-2-3-5-21(19)29-22/h2-7,12,15H,8-11,13-14H2,1H3. The van der Waals surface area contributed by atoms with Crippen LogP contribution in [0.1, 0.15) is 16.1 Å². The van der Waals surface area contributed by atoms with Crippen LogP contribution in [0.2, 0.25) is 0 Å². The summed E-state index contributed by atoms with van der Waals surface area (Å²) in [4.78, 5) is 21.9. The van der Waals surface area contributed by atoms with E-state index in [0.29, 0.717) is 6.42 Å². The minimum Gasteiger partial charge on any atom is -0.464 e. The van der Waals surface area contributed by atoms with E-state index in [9.17, 15) is 4.79 Å². The highest BCUT2D eigenvalue weighted by Crippen LogP contribution is 2.24. The molecule has 0 unspecified atom stereocenters. The predicted molar refractivity (Wildman–Crippen MR) is 116 cm³/mol. The van der Waals surface area contributed by atoms with Crippen LogP contribution in [0.4, 0.5) is 0 Å². The Hall–Kier alpha value is -2.70. The topological polar surface area (TPSA) is 49.6 Å². The lowest BCUT2D eigenvalue weighted by Gasteiger charge is -2.34. The zero-order valence-corrected chi connectivity index (χ0v) is 17.2. The lowest BCUT2D eigenvalue weighted by atomic mass is 10.1. The largest absolute Gasteiger partial charge is 0.464 e. The van der Waals surface area contributed by atoms with E-state index in [1.165, 1.54) is 4.70 Å². The van der Waals surface area contributed by atoms with Crippen molar-refractivity contribution in [2.75, 3.05) is 26.2 Å². The zero-order valence-electron chi connectivity index (χ0n) is 16.4. The second-order valence-electron chi connectivity index (χ2n) is 7.67. The summed E-state index contributed by atoms with van der Waals surface area (Å²) in [6.07, 6.45) is 2.12. The van der Waals surface area contributed by atoms with E-state index in [1.54, 1.807) is 17.6 Å². The third kappa shape index (κ3) is 3.78. The summed E-state index contributed by atoms with van der Waals surface area (Å²) in [6, 6.07) is 14.4. The summed E-state index contributed by atoms with van der Waals surface area (Å²) in [5.41, 5.74) is 4.06. The molecule has 29 heavy (non-hydrogen) atoms. The van der Waals surface area contributed by atoms with Crippen molar-refractivity contribution in [3.63, 3.8) is 0 Å². The molecule has 3 heterocycles. The SMILES string of the molecule is Cc1ccc2c(CC(=O)N3CCN(Cc4nc5ccccc5s4)CC3)coc2c1. The molecule has 0 atom stereocenters. The molecule has 1 aliphatic rings. The van der Waals surface area contributed by atoms with Gasteiger partial charge in [0.25, 0.3) is 0 Å². The molecule has 1 amide bonds. The van der Waals surface area contributed by atoms with E-state index in [0.717, 1.165) is 65.3 Å². The number of nitrogens with zero attached hydrogens (tertiary/aromatic N) is 3. The zero-order chi connectivity index (χ0) is 19.8. The first-order valence-corrected chi connectivity index (χ1v) is 10.8. The molecule has 6 heteroatoms. The number of furan rings is 1. The summed E-state index contributed by atoms with van der Waals surface area (Å²) in [5.74, 6) is 0.174. The number of rotatable bonds is 4. The number of carbonyl (C=O) groups is 1. The van der Waals surface area contributed by atoms with Crippen molar-refractivity contribution in [3.05, 3.63) is 64.9 Å². The van der Waals surface area contributed by atoms with Gasteiger partial charge in [-0.1, -0.05) is 24.3 Å². The Kier molecular flexibility index (Phi) is 4.81. The average molecular weight is 406 g/mol. The number of thiazole rings is 1. The van der Waals surface area contributed by atoms with Crippen molar-refractivity contribution in [1.82, 2.24) is 14.8 Å². The van der Waals surface area contributed by atoms with Gasteiger partial charge in [0.1, 0.15) is 10.6 Å². The fraction of sp³-hybridized carbons (Fsp3) is 0.304. The number of hydrogen-bond acceptors (Lipinski definition) is 5. The van der Waals surface area contributed by atoms with Gasteiger partial charge in [0, 0.05) is 37.1 Å². The lowest BCUT2D eigenvalue weighted by molar-refractivity contribution is -0.132. The molecule has 1 fully saturated rings. The van der Waals surface area contributed by atoms with Gasteiger partial charge in [0.05, 0.1) is 29.4 Å². The first kappa shape index (κ1) is 18.3. The van der Waals surface area contributed by atoms with E-state index < -0.39 is 0 Å². The number of hydrogen-bond donors (Lipinski definition) is 0. The van der Waals surface area contributed by atoms with Gasteiger partial charge in [0.15, 0.2) is 0 Å². The molecule has 148 valence electrons. The Morgan fingerprint density at radius 3 is 2.79 bits per heavy atom. The van der Waals surface area contributed by atoms with Gasteiger partial charge in [-0.05, 0) is 30.7 Å². The van der Waals surface area contributed by atoms with Crippen LogP contribution < -0.4 is 0 Å². The molecule has 4 aromatic rings. The van der Waals surface area contributed by atoms with Crippen LogP contribution in [0.5, 0.6) is 0 Å². The maximum atomic E-state index is 12.8. The Bertz CT molecular complexity index is 1140. The first-order chi connectivity index (χ1) is 14.2. The molecular formula is C23H23N3O2S. The maximum absolute atomic E-state index is 12.8. The molecule has 0 aliphatic carbocycles. The lowest BCUT2D eigenvalue weighted by Crippen LogP contribution is -2.48. The van der Waals surface area contributed by atoms with E-state index in [2.05, 4.69) is 29.2 Å². The number of benzene rings is 2. The fourth-order valence-corrected chi connectivity index (χ4v) is 4.95. The molecule has 0 bridgehead atoms. The molecule has 5 rings (SSSR count). The van der Waals surface area contributed by atoms with Gasteiger partial charge >= 0.3 is 0 Å². The highest BCUT2D eigenvalue weighted by atomic mass is 32.1. The van der Waals surface area contributed by atoms with Crippen molar-refractivity contribution >= 4 is 38.4 Å². The quantitative estimate of drug-likeness (QED) is 0.510. The third-order valence-electron chi connectivity index (χ3n) is 5.57. The molecule has 0 N–H and O–H groups in total. The van der Waals surface area contributed by atoms with Crippen LogP contribution in [-0.2, 0) is 17.8 Å². The number of amides is 1. The van der Waals surface area contributed by atoms with Gasteiger partial charge in [-0.15, -0.1) is 11.3 Å². The average Bonchev–Trinajstić information content (AvgIpc) is 3.31. The molecule has 0 saturated carbocycles. The molecule has 5 nitrogen and oxygen atoms in total. The summed E-state index contributed by atoms with van der Waals surface area (Å²) >= 11 is 1.76. The van der Waals surface area contributed by atoms with Crippen LogP contribution in [0, 0.1) is 6.92 Å².